The van der Waals surface area contributed by atoms with Crippen LogP contribution in [0, 0.1) is 13.8 Å². The average molecular weight is 303 g/mol. The van der Waals surface area contributed by atoms with Crippen LogP contribution >= 0.6 is 11.3 Å². The summed E-state index contributed by atoms with van der Waals surface area (Å²) in [6.07, 6.45) is 0. The molecule has 0 fully saturated rings. The first-order valence-electron chi connectivity index (χ1n) is 6.79. The van der Waals surface area contributed by atoms with Crippen LogP contribution in [0.4, 0.5) is 11.4 Å². The minimum Gasteiger partial charge on any atom is -0.397 e. The molecule has 1 amide bonds. The number of nitrogens with one attached hydrogen (secondary N) is 1. The summed E-state index contributed by atoms with van der Waals surface area (Å²) in [5.74, 6) is -0.101. The van der Waals surface area contributed by atoms with Crippen LogP contribution in [-0.2, 0) is 6.54 Å². The molecule has 112 valence electrons. The summed E-state index contributed by atoms with van der Waals surface area (Å²) in [5.41, 5.74) is 9.34. The predicted octanol–water partition coefficient (Wildman–Crippen LogP) is 2.94. The number of nitrogen functional groups attached to an aromatic ring is 1. The first-order valence-corrected chi connectivity index (χ1v) is 7.61. The number of aryl methyl sites for hydroxylation is 2. The molecule has 0 unspecified atom stereocenters. The highest BCUT2D eigenvalue weighted by atomic mass is 32.1. The Morgan fingerprint density at radius 3 is 2.52 bits per heavy atom. The fraction of sp³-hybridized carbons (Fsp3) is 0.312. The van der Waals surface area contributed by atoms with Gasteiger partial charge in [-0.25, -0.2) is 0 Å². The van der Waals surface area contributed by atoms with E-state index in [-0.39, 0.29) is 5.91 Å². The van der Waals surface area contributed by atoms with Crippen molar-refractivity contribution in [1.82, 2.24) is 5.32 Å². The van der Waals surface area contributed by atoms with Gasteiger partial charge in [0.1, 0.15) is 0 Å². The SMILES string of the molecule is Cc1cc(CNC(=O)c2ccc(N(C)C)c(N)c2)sc1C. The van der Waals surface area contributed by atoms with E-state index in [4.69, 9.17) is 5.73 Å². The number of hydrogen-bond donors (Lipinski definition) is 2. The largest absolute Gasteiger partial charge is 0.397 e. The van der Waals surface area contributed by atoms with Crippen LogP contribution in [0.3, 0.4) is 0 Å². The summed E-state index contributed by atoms with van der Waals surface area (Å²) < 4.78 is 0. The van der Waals surface area contributed by atoms with Crippen molar-refractivity contribution in [2.24, 2.45) is 0 Å². The van der Waals surface area contributed by atoms with E-state index in [2.05, 4.69) is 25.2 Å². The van der Waals surface area contributed by atoms with E-state index in [1.807, 2.05) is 25.1 Å². The molecule has 0 aliphatic rings. The number of rotatable bonds is 4. The summed E-state index contributed by atoms with van der Waals surface area (Å²) in [4.78, 5) is 16.5. The second kappa shape index (κ2) is 6.18. The Balaban J connectivity index is 2.05. The lowest BCUT2D eigenvalue weighted by Gasteiger charge is -2.15. The van der Waals surface area contributed by atoms with E-state index < -0.39 is 0 Å². The van der Waals surface area contributed by atoms with E-state index in [0.717, 1.165) is 10.6 Å². The zero-order valence-electron chi connectivity index (χ0n) is 12.9. The van der Waals surface area contributed by atoms with Gasteiger partial charge in [0.15, 0.2) is 0 Å². The molecule has 21 heavy (non-hydrogen) atoms. The summed E-state index contributed by atoms with van der Waals surface area (Å²) >= 11 is 1.71. The van der Waals surface area contributed by atoms with Gasteiger partial charge in [0.05, 0.1) is 17.9 Å². The maximum atomic E-state index is 12.2. The van der Waals surface area contributed by atoms with Gasteiger partial charge >= 0.3 is 0 Å². The van der Waals surface area contributed by atoms with Gasteiger partial charge in [-0.3, -0.25) is 4.79 Å². The Hall–Kier alpha value is -2.01. The third-order valence-electron chi connectivity index (χ3n) is 3.41. The molecule has 0 atom stereocenters. The summed E-state index contributed by atoms with van der Waals surface area (Å²) in [5, 5.41) is 2.93. The number of anilines is 2. The predicted molar refractivity (Wildman–Crippen MR) is 90.1 cm³/mol. The van der Waals surface area contributed by atoms with Gasteiger partial charge in [-0.1, -0.05) is 0 Å². The second-order valence-electron chi connectivity index (χ2n) is 5.30. The number of hydrogen-bond acceptors (Lipinski definition) is 4. The smallest absolute Gasteiger partial charge is 0.251 e. The topological polar surface area (TPSA) is 58.4 Å². The third kappa shape index (κ3) is 3.55. The van der Waals surface area contributed by atoms with Gasteiger partial charge in [-0.2, -0.15) is 0 Å². The molecule has 0 aliphatic carbocycles. The lowest BCUT2D eigenvalue weighted by molar-refractivity contribution is 0.0951. The standard InChI is InChI=1S/C16H21N3OS/c1-10-7-13(21-11(10)2)9-18-16(20)12-5-6-15(19(3)4)14(17)8-12/h5-8H,9,17H2,1-4H3,(H,18,20). The van der Waals surface area contributed by atoms with Crippen LogP contribution in [0.5, 0.6) is 0 Å². The minimum absolute atomic E-state index is 0.101. The molecule has 1 heterocycles. The lowest BCUT2D eigenvalue weighted by Crippen LogP contribution is -2.22. The van der Waals surface area contributed by atoms with E-state index in [9.17, 15) is 4.79 Å². The van der Waals surface area contributed by atoms with Crippen LogP contribution in [0.1, 0.15) is 25.7 Å². The summed E-state index contributed by atoms with van der Waals surface area (Å²) in [6.45, 7) is 4.72. The van der Waals surface area contributed by atoms with Gasteiger partial charge in [0, 0.05) is 29.4 Å². The molecule has 4 nitrogen and oxygen atoms in total. The molecule has 0 saturated carbocycles. The van der Waals surface area contributed by atoms with Crippen molar-refractivity contribution in [1.29, 1.82) is 0 Å². The Kier molecular flexibility index (Phi) is 4.53. The van der Waals surface area contributed by atoms with E-state index in [1.54, 1.807) is 23.5 Å². The van der Waals surface area contributed by atoms with E-state index in [0.29, 0.717) is 17.8 Å². The Bertz CT molecular complexity index is 642. The number of amides is 1. The first kappa shape index (κ1) is 15.4. The maximum absolute atomic E-state index is 12.2. The van der Waals surface area contributed by atoms with Crippen LogP contribution < -0.4 is 16.0 Å². The van der Waals surface area contributed by atoms with Crippen LogP contribution in [0.15, 0.2) is 24.3 Å². The number of carbonyl (C=O) groups is 1. The van der Waals surface area contributed by atoms with Crippen molar-refractivity contribution in [2.75, 3.05) is 24.7 Å². The van der Waals surface area contributed by atoms with E-state index in [1.165, 1.54) is 10.4 Å². The normalized spacial score (nSPS) is 10.5. The van der Waals surface area contributed by atoms with Crippen molar-refractivity contribution in [3.8, 4) is 0 Å². The molecule has 0 bridgehead atoms. The van der Waals surface area contributed by atoms with Crippen molar-refractivity contribution in [2.45, 2.75) is 20.4 Å². The molecule has 0 saturated heterocycles. The highest BCUT2D eigenvalue weighted by Crippen LogP contribution is 2.23. The quantitative estimate of drug-likeness (QED) is 0.854. The fourth-order valence-electron chi connectivity index (χ4n) is 2.11. The lowest BCUT2D eigenvalue weighted by atomic mass is 10.1. The third-order valence-corrected chi connectivity index (χ3v) is 4.56. The molecular weight excluding hydrogens is 282 g/mol. The van der Waals surface area contributed by atoms with Gasteiger partial charge in [-0.15, -0.1) is 11.3 Å². The Morgan fingerprint density at radius 1 is 1.29 bits per heavy atom. The molecule has 0 aliphatic heterocycles. The summed E-state index contributed by atoms with van der Waals surface area (Å²) in [6, 6.07) is 7.50. The van der Waals surface area contributed by atoms with Gasteiger partial charge in [0.2, 0.25) is 0 Å². The molecule has 0 spiro atoms. The Labute approximate surface area is 129 Å². The number of nitrogens with two attached hydrogens (primary N) is 1. The van der Waals surface area contributed by atoms with Gasteiger partial charge < -0.3 is 16.0 Å². The highest BCUT2D eigenvalue weighted by Gasteiger charge is 2.10. The zero-order valence-corrected chi connectivity index (χ0v) is 13.7. The van der Waals surface area contributed by atoms with Gasteiger partial charge in [0.25, 0.3) is 5.91 Å². The minimum atomic E-state index is -0.101. The average Bonchev–Trinajstić information content (AvgIpc) is 2.74. The maximum Gasteiger partial charge on any atom is 0.251 e. The Morgan fingerprint density at radius 2 is 2.00 bits per heavy atom. The molecule has 2 rings (SSSR count). The molecular formula is C16H21N3OS. The fourth-order valence-corrected chi connectivity index (χ4v) is 3.10. The van der Waals surface area contributed by atoms with Crippen molar-refractivity contribution >= 4 is 28.6 Å². The molecule has 5 heteroatoms. The molecule has 0 radical (unpaired) electrons. The highest BCUT2D eigenvalue weighted by molar-refractivity contribution is 7.12. The first-order chi connectivity index (χ1) is 9.88. The number of benzene rings is 1. The number of nitrogens with zero attached hydrogens (tertiary/aromatic N) is 1. The number of thiophene rings is 1. The molecule has 2 aromatic rings. The molecule has 1 aromatic heterocycles. The van der Waals surface area contributed by atoms with Crippen molar-refractivity contribution < 1.29 is 4.79 Å². The number of carbonyl (C=O) groups excluding carboxylic acids is 1. The van der Waals surface area contributed by atoms with Crippen molar-refractivity contribution in [3.63, 3.8) is 0 Å². The zero-order chi connectivity index (χ0) is 15.6. The van der Waals surface area contributed by atoms with Crippen LogP contribution in [-0.4, -0.2) is 20.0 Å². The van der Waals surface area contributed by atoms with Crippen LogP contribution in [0.25, 0.3) is 0 Å². The molecule has 3 N–H and O–H groups in total. The monoisotopic (exact) mass is 303 g/mol. The van der Waals surface area contributed by atoms with Crippen molar-refractivity contribution in [3.05, 3.63) is 45.1 Å². The van der Waals surface area contributed by atoms with Gasteiger partial charge in [-0.05, 0) is 43.7 Å². The van der Waals surface area contributed by atoms with E-state index >= 15 is 0 Å². The second-order valence-corrected chi connectivity index (χ2v) is 6.64. The molecule has 1 aromatic carbocycles. The summed E-state index contributed by atoms with van der Waals surface area (Å²) in [7, 11) is 3.85. The van der Waals surface area contributed by atoms with Crippen LogP contribution in [0.2, 0.25) is 0 Å².